The van der Waals surface area contributed by atoms with Crippen LogP contribution in [0.2, 0.25) is 0 Å². The lowest BCUT2D eigenvalue weighted by Crippen LogP contribution is -2.29. The molecule has 23 heavy (non-hydrogen) atoms. The van der Waals surface area contributed by atoms with E-state index < -0.39 is 0 Å². The van der Waals surface area contributed by atoms with Crippen molar-refractivity contribution in [2.75, 3.05) is 13.6 Å². The predicted molar refractivity (Wildman–Crippen MR) is 93.9 cm³/mol. The van der Waals surface area contributed by atoms with Crippen molar-refractivity contribution < 1.29 is 9.53 Å². The Kier molecular flexibility index (Phi) is 6.59. The summed E-state index contributed by atoms with van der Waals surface area (Å²) in [6.07, 6.45) is 2.56. The van der Waals surface area contributed by atoms with Gasteiger partial charge in [0, 0.05) is 18.5 Å². The van der Waals surface area contributed by atoms with Crippen molar-refractivity contribution in [3.8, 4) is 5.75 Å². The van der Waals surface area contributed by atoms with Crippen molar-refractivity contribution in [2.24, 2.45) is 0 Å². The van der Waals surface area contributed by atoms with Crippen molar-refractivity contribution in [1.82, 2.24) is 9.88 Å². The van der Waals surface area contributed by atoms with Gasteiger partial charge < -0.3 is 9.64 Å². The third kappa shape index (κ3) is 5.36. The van der Waals surface area contributed by atoms with Gasteiger partial charge >= 0.3 is 0 Å². The lowest BCUT2D eigenvalue weighted by atomic mass is 10.2. The normalized spacial score (nSPS) is 10.6. The zero-order valence-corrected chi connectivity index (χ0v) is 14.9. The number of para-hydroxylation sites is 1. The number of carbonyl (C=O) groups excluding carboxylic acids is 1. The van der Waals surface area contributed by atoms with E-state index in [1.54, 1.807) is 11.3 Å². The molecule has 0 N–H and O–H groups in total. The second-order valence-electron chi connectivity index (χ2n) is 5.56. The van der Waals surface area contributed by atoms with Gasteiger partial charge in [-0.3, -0.25) is 4.79 Å². The number of aromatic nitrogens is 1. The fraction of sp³-hybridized carbons (Fsp3) is 0.444. The second-order valence-corrected chi connectivity index (χ2v) is 6.73. The van der Waals surface area contributed by atoms with E-state index in [1.165, 1.54) is 0 Å². The quantitative estimate of drug-likeness (QED) is 0.738. The Morgan fingerprint density at radius 2 is 2.04 bits per heavy atom. The highest BCUT2D eigenvalue weighted by molar-refractivity contribution is 7.11. The Morgan fingerprint density at radius 1 is 1.30 bits per heavy atom. The van der Waals surface area contributed by atoms with E-state index in [0.29, 0.717) is 13.0 Å². The zero-order chi connectivity index (χ0) is 16.7. The molecule has 0 bridgehead atoms. The fourth-order valence-corrected chi connectivity index (χ4v) is 3.14. The monoisotopic (exact) mass is 332 g/mol. The van der Waals surface area contributed by atoms with Gasteiger partial charge in [-0.2, -0.15) is 0 Å². The molecule has 0 saturated carbocycles. The largest absolute Gasteiger partial charge is 0.486 e. The minimum absolute atomic E-state index is 0.153. The summed E-state index contributed by atoms with van der Waals surface area (Å²) in [6.45, 7) is 5.34. The minimum atomic E-state index is 0.153. The Morgan fingerprint density at radius 3 is 2.74 bits per heavy atom. The number of likely N-dealkylation sites (N-methyl/N-ethyl adjacent to an activating group) is 1. The maximum absolute atomic E-state index is 12.2. The van der Waals surface area contributed by atoms with Crippen LogP contribution in [0.4, 0.5) is 0 Å². The van der Waals surface area contributed by atoms with Gasteiger partial charge in [-0.15, -0.1) is 11.3 Å². The molecule has 0 saturated heterocycles. The Bertz CT molecular complexity index is 625. The third-order valence-corrected chi connectivity index (χ3v) is 4.76. The number of carbonyl (C=O) groups is 1. The van der Waals surface area contributed by atoms with Crippen molar-refractivity contribution in [2.45, 2.75) is 39.7 Å². The van der Waals surface area contributed by atoms with Gasteiger partial charge in [-0.25, -0.2) is 4.98 Å². The molecule has 4 nitrogen and oxygen atoms in total. The summed E-state index contributed by atoms with van der Waals surface area (Å²) in [4.78, 5) is 19.6. The van der Waals surface area contributed by atoms with Crippen LogP contribution in [0.15, 0.2) is 30.3 Å². The van der Waals surface area contributed by atoms with E-state index >= 15 is 0 Å². The summed E-state index contributed by atoms with van der Waals surface area (Å²) in [5.74, 6) is 0.984. The van der Waals surface area contributed by atoms with Crippen LogP contribution in [0.5, 0.6) is 5.75 Å². The van der Waals surface area contributed by atoms with Crippen LogP contribution in [-0.2, 0) is 17.8 Å². The molecule has 0 radical (unpaired) electrons. The number of hydrogen-bond acceptors (Lipinski definition) is 4. The van der Waals surface area contributed by atoms with Gasteiger partial charge in [-0.05, 0) is 25.5 Å². The van der Waals surface area contributed by atoms with E-state index in [9.17, 15) is 4.79 Å². The topological polar surface area (TPSA) is 42.4 Å². The lowest BCUT2D eigenvalue weighted by molar-refractivity contribution is -0.129. The highest BCUT2D eigenvalue weighted by Gasteiger charge is 2.15. The van der Waals surface area contributed by atoms with E-state index in [4.69, 9.17) is 4.74 Å². The van der Waals surface area contributed by atoms with Gasteiger partial charge in [0.1, 0.15) is 17.4 Å². The SMILES string of the molecule is CCCCN(C)C(=O)Cc1sc(COc2ccccc2)nc1C. The highest BCUT2D eigenvalue weighted by Crippen LogP contribution is 2.21. The van der Waals surface area contributed by atoms with Crippen LogP contribution >= 0.6 is 11.3 Å². The number of rotatable bonds is 8. The van der Waals surface area contributed by atoms with Crippen LogP contribution in [0.25, 0.3) is 0 Å². The maximum atomic E-state index is 12.2. The summed E-state index contributed by atoms with van der Waals surface area (Å²) in [7, 11) is 1.87. The third-order valence-electron chi connectivity index (χ3n) is 3.63. The van der Waals surface area contributed by atoms with E-state index in [0.717, 1.165) is 40.7 Å². The Balaban J connectivity index is 1.91. The second kappa shape index (κ2) is 8.67. The number of unbranched alkanes of at least 4 members (excludes halogenated alkanes) is 1. The van der Waals surface area contributed by atoms with Gasteiger partial charge in [0.05, 0.1) is 12.1 Å². The molecule has 0 spiro atoms. The molecule has 2 rings (SSSR count). The minimum Gasteiger partial charge on any atom is -0.486 e. The molecule has 0 aliphatic carbocycles. The number of hydrogen-bond donors (Lipinski definition) is 0. The molecular weight excluding hydrogens is 308 g/mol. The summed E-state index contributed by atoms with van der Waals surface area (Å²) in [5, 5.41) is 0.908. The van der Waals surface area contributed by atoms with Crippen molar-refractivity contribution >= 4 is 17.2 Å². The zero-order valence-electron chi connectivity index (χ0n) is 14.0. The fourth-order valence-electron chi connectivity index (χ4n) is 2.17. The Labute approximate surface area is 142 Å². The average molecular weight is 332 g/mol. The summed E-state index contributed by atoms with van der Waals surface area (Å²) in [6, 6.07) is 9.69. The molecule has 124 valence electrons. The van der Waals surface area contributed by atoms with E-state index in [2.05, 4.69) is 11.9 Å². The molecule has 0 aliphatic rings. The van der Waals surface area contributed by atoms with Crippen LogP contribution in [0.1, 0.15) is 35.3 Å². The average Bonchev–Trinajstić information content (AvgIpc) is 2.91. The van der Waals surface area contributed by atoms with Gasteiger partial charge in [0.15, 0.2) is 0 Å². The standard InChI is InChI=1S/C18H24N2O2S/c1-4-5-11-20(3)18(21)12-16-14(2)19-17(23-16)13-22-15-9-7-6-8-10-15/h6-10H,4-5,11-13H2,1-3H3. The molecule has 1 amide bonds. The molecule has 1 aromatic heterocycles. The number of ether oxygens (including phenoxy) is 1. The number of amides is 1. The summed E-state index contributed by atoms with van der Waals surface area (Å²) in [5.41, 5.74) is 0.930. The highest BCUT2D eigenvalue weighted by atomic mass is 32.1. The van der Waals surface area contributed by atoms with Crippen LogP contribution in [-0.4, -0.2) is 29.4 Å². The lowest BCUT2D eigenvalue weighted by Gasteiger charge is -2.16. The van der Waals surface area contributed by atoms with Gasteiger partial charge in [0.2, 0.25) is 5.91 Å². The summed E-state index contributed by atoms with van der Waals surface area (Å²) >= 11 is 1.56. The van der Waals surface area contributed by atoms with Crippen molar-refractivity contribution in [3.05, 3.63) is 45.9 Å². The molecule has 1 aromatic carbocycles. The van der Waals surface area contributed by atoms with Gasteiger partial charge in [-0.1, -0.05) is 31.5 Å². The van der Waals surface area contributed by atoms with E-state index in [-0.39, 0.29) is 5.91 Å². The number of aryl methyl sites for hydroxylation is 1. The smallest absolute Gasteiger partial charge is 0.227 e. The van der Waals surface area contributed by atoms with Crippen LogP contribution in [0, 0.1) is 6.92 Å². The number of nitrogens with zero attached hydrogens (tertiary/aromatic N) is 2. The first-order valence-electron chi connectivity index (χ1n) is 7.97. The molecule has 0 atom stereocenters. The first-order valence-corrected chi connectivity index (χ1v) is 8.78. The van der Waals surface area contributed by atoms with Crippen LogP contribution in [0.3, 0.4) is 0 Å². The van der Waals surface area contributed by atoms with E-state index in [1.807, 2.05) is 49.2 Å². The molecule has 0 aliphatic heterocycles. The molecular formula is C18H24N2O2S. The molecule has 2 aromatic rings. The van der Waals surface area contributed by atoms with Crippen molar-refractivity contribution in [3.63, 3.8) is 0 Å². The molecule has 0 unspecified atom stereocenters. The number of thiazole rings is 1. The molecule has 5 heteroatoms. The number of benzene rings is 1. The maximum Gasteiger partial charge on any atom is 0.227 e. The molecule has 1 heterocycles. The van der Waals surface area contributed by atoms with Crippen LogP contribution < -0.4 is 4.74 Å². The molecule has 0 fully saturated rings. The van der Waals surface area contributed by atoms with Gasteiger partial charge in [0.25, 0.3) is 0 Å². The Hall–Kier alpha value is -1.88. The first kappa shape index (κ1) is 17.5. The first-order chi connectivity index (χ1) is 11.1. The predicted octanol–water partition coefficient (Wildman–Crippen LogP) is 3.83. The summed E-state index contributed by atoms with van der Waals surface area (Å²) < 4.78 is 5.72. The van der Waals surface area contributed by atoms with Crippen molar-refractivity contribution in [1.29, 1.82) is 0 Å².